The number of methoxy groups -OCH3 is 1. The topological polar surface area (TPSA) is 30.5 Å². The van der Waals surface area contributed by atoms with E-state index in [2.05, 4.69) is 42.0 Å². The number of hydrogen-bond acceptors (Lipinski definition) is 3. The van der Waals surface area contributed by atoms with Gasteiger partial charge in [-0.3, -0.25) is 0 Å². The van der Waals surface area contributed by atoms with Crippen molar-refractivity contribution in [2.24, 2.45) is 0 Å². The van der Waals surface area contributed by atoms with Crippen LogP contribution in [-0.4, -0.2) is 12.6 Å². The third kappa shape index (κ3) is 5.44. The molecule has 0 fully saturated rings. The molecule has 0 aliphatic heterocycles. The summed E-state index contributed by atoms with van der Waals surface area (Å²) < 4.78 is 25.5. The number of halogens is 2. The molecule has 0 unspecified atom stereocenters. The molecule has 0 bridgehead atoms. The van der Waals surface area contributed by atoms with Gasteiger partial charge in [0, 0.05) is 22.1 Å². The van der Waals surface area contributed by atoms with E-state index in [4.69, 9.17) is 9.47 Å². The second-order valence-corrected chi connectivity index (χ2v) is 7.42. The molecule has 0 saturated carbocycles. The molecule has 25 heavy (non-hydrogen) atoms. The van der Waals surface area contributed by atoms with Crippen LogP contribution in [0.3, 0.4) is 0 Å². The summed E-state index contributed by atoms with van der Waals surface area (Å²) in [5.74, 6) is 1.12. The van der Waals surface area contributed by atoms with Crippen LogP contribution in [0.25, 0.3) is 0 Å². The summed E-state index contributed by atoms with van der Waals surface area (Å²) in [6.45, 7) is 7.48. The van der Waals surface area contributed by atoms with Crippen molar-refractivity contribution in [3.8, 4) is 11.5 Å². The highest BCUT2D eigenvalue weighted by Crippen LogP contribution is 2.37. The lowest BCUT2D eigenvalue weighted by Crippen LogP contribution is -2.38. The number of rotatable bonds is 8. The minimum atomic E-state index is -0.254. The van der Waals surface area contributed by atoms with Crippen LogP contribution in [0.4, 0.5) is 4.39 Å². The van der Waals surface area contributed by atoms with Gasteiger partial charge >= 0.3 is 0 Å². The molecule has 0 atom stereocenters. The van der Waals surface area contributed by atoms with E-state index in [1.807, 2.05) is 12.1 Å². The standard InChI is InChI=1S/C20H25BrFNO2/c1-5-20(2,3)23-12-16-17(21)10-11-18(24-4)19(16)25-13-14-6-8-15(22)9-7-14/h6-11,23H,5,12-13H2,1-4H3. The SMILES string of the molecule is CCC(C)(C)NCc1c(Br)ccc(OC)c1OCc1ccc(F)cc1. The van der Waals surface area contributed by atoms with Crippen molar-refractivity contribution in [1.29, 1.82) is 0 Å². The van der Waals surface area contributed by atoms with Crippen molar-refractivity contribution in [3.05, 3.63) is 57.8 Å². The Morgan fingerprint density at radius 2 is 1.80 bits per heavy atom. The Balaban J connectivity index is 2.24. The normalized spacial score (nSPS) is 11.4. The molecule has 136 valence electrons. The van der Waals surface area contributed by atoms with E-state index in [0.717, 1.165) is 22.0 Å². The average Bonchev–Trinajstić information content (AvgIpc) is 2.60. The van der Waals surface area contributed by atoms with Gasteiger partial charge in [0.2, 0.25) is 0 Å². The van der Waals surface area contributed by atoms with Crippen LogP contribution < -0.4 is 14.8 Å². The monoisotopic (exact) mass is 409 g/mol. The van der Waals surface area contributed by atoms with Gasteiger partial charge in [-0.15, -0.1) is 0 Å². The highest BCUT2D eigenvalue weighted by molar-refractivity contribution is 9.10. The second-order valence-electron chi connectivity index (χ2n) is 6.56. The van der Waals surface area contributed by atoms with Gasteiger partial charge in [-0.25, -0.2) is 4.39 Å². The highest BCUT2D eigenvalue weighted by atomic mass is 79.9. The predicted octanol–water partition coefficient (Wildman–Crippen LogP) is 5.45. The minimum absolute atomic E-state index is 0.0245. The van der Waals surface area contributed by atoms with Gasteiger partial charge in [-0.1, -0.05) is 35.0 Å². The zero-order chi connectivity index (χ0) is 18.4. The average molecular weight is 410 g/mol. The van der Waals surface area contributed by atoms with E-state index in [0.29, 0.717) is 24.7 Å². The zero-order valence-electron chi connectivity index (χ0n) is 15.2. The smallest absolute Gasteiger partial charge is 0.167 e. The van der Waals surface area contributed by atoms with E-state index in [9.17, 15) is 4.39 Å². The van der Waals surface area contributed by atoms with E-state index < -0.39 is 0 Å². The summed E-state index contributed by atoms with van der Waals surface area (Å²) in [6.07, 6.45) is 1.01. The Kier molecular flexibility index (Phi) is 6.85. The third-order valence-corrected chi connectivity index (χ3v) is 5.05. The summed E-state index contributed by atoms with van der Waals surface area (Å²) in [5.41, 5.74) is 1.93. The van der Waals surface area contributed by atoms with Crippen molar-refractivity contribution in [2.75, 3.05) is 7.11 Å². The van der Waals surface area contributed by atoms with Crippen LogP contribution in [0.2, 0.25) is 0 Å². The molecule has 0 spiro atoms. The Labute approximate surface area is 157 Å². The highest BCUT2D eigenvalue weighted by Gasteiger charge is 2.19. The molecule has 5 heteroatoms. The molecule has 0 aromatic heterocycles. The van der Waals surface area contributed by atoms with E-state index in [-0.39, 0.29) is 11.4 Å². The summed E-state index contributed by atoms with van der Waals surface area (Å²) in [4.78, 5) is 0. The predicted molar refractivity (Wildman–Crippen MR) is 103 cm³/mol. The number of hydrogen-bond donors (Lipinski definition) is 1. The van der Waals surface area contributed by atoms with E-state index in [1.165, 1.54) is 12.1 Å². The lowest BCUT2D eigenvalue weighted by atomic mass is 10.0. The van der Waals surface area contributed by atoms with E-state index in [1.54, 1.807) is 19.2 Å². The molecule has 0 heterocycles. The van der Waals surface area contributed by atoms with Crippen LogP contribution in [0.1, 0.15) is 38.3 Å². The van der Waals surface area contributed by atoms with Crippen LogP contribution >= 0.6 is 15.9 Å². The molecule has 1 N–H and O–H groups in total. The van der Waals surface area contributed by atoms with Crippen molar-refractivity contribution in [1.82, 2.24) is 5.32 Å². The number of ether oxygens (including phenoxy) is 2. The van der Waals surface area contributed by atoms with Gasteiger partial charge in [0.1, 0.15) is 12.4 Å². The summed E-state index contributed by atoms with van der Waals surface area (Å²) >= 11 is 3.61. The molecule has 0 amide bonds. The number of benzene rings is 2. The molecule has 2 rings (SSSR count). The first-order valence-corrected chi connectivity index (χ1v) is 9.13. The van der Waals surface area contributed by atoms with Gasteiger partial charge in [-0.2, -0.15) is 0 Å². The maximum Gasteiger partial charge on any atom is 0.167 e. The summed E-state index contributed by atoms with van der Waals surface area (Å²) in [5, 5.41) is 3.55. The van der Waals surface area contributed by atoms with Crippen LogP contribution in [0.15, 0.2) is 40.9 Å². The quantitative estimate of drug-likeness (QED) is 0.628. The van der Waals surface area contributed by atoms with Crippen molar-refractivity contribution in [2.45, 2.75) is 45.9 Å². The fraction of sp³-hybridized carbons (Fsp3) is 0.400. The Bertz CT molecular complexity index is 702. The fourth-order valence-electron chi connectivity index (χ4n) is 2.25. The third-order valence-electron chi connectivity index (χ3n) is 4.31. The molecule has 2 aromatic rings. The van der Waals surface area contributed by atoms with Gasteiger partial charge in [0.25, 0.3) is 0 Å². The zero-order valence-corrected chi connectivity index (χ0v) is 16.7. The van der Waals surface area contributed by atoms with Crippen molar-refractivity contribution in [3.63, 3.8) is 0 Å². The molecular formula is C20H25BrFNO2. The van der Waals surface area contributed by atoms with Gasteiger partial charge < -0.3 is 14.8 Å². The van der Waals surface area contributed by atoms with Crippen LogP contribution in [0.5, 0.6) is 11.5 Å². The maximum atomic E-state index is 13.1. The molecule has 3 nitrogen and oxygen atoms in total. The minimum Gasteiger partial charge on any atom is -0.493 e. The molecule has 0 aliphatic rings. The first kappa shape index (κ1) is 19.7. The number of nitrogens with one attached hydrogen (secondary N) is 1. The second kappa shape index (κ2) is 8.68. The molecule has 0 radical (unpaired) electrons. The largest absolute Gasteiger partial charge is 0.493 e. The lowest BCUT2D eigenvalue weighted by molar-refractivity contribution is 0.277. The van der Waals surface area contributed by atoms with Gasteiger partial charge in [-0.05, 0) is 50.1 Å². The van der Waals surface area contributed by atoms with Crippen molar-refractivity contribution >= 4 is 15.9 Å². The van der Waals surface area contributed by atoms with Gasteiger partial charge in [0.15, 0.2) is 11.5 Å². The summed E-state index contributed by atoms with van der Waals surface area (Å²) in [7, 11) is 1.63. The van der Waals surface area contributed by atoms with E-state index >= 15 is 0 Å². The molecule has 0 aliphatic carbocycles. The maximum absolute atomic E-state index is 13.1. The fourth-order valence-corrected chi connectivity index (χ4v) is 2.71. The summed E-state index contributed by atoms with van der Waals surface area (Å²) in [6, 6.07) is 10.1. The Morgan fingerprint density at radius 1 is 1.12 bits per heavy atom. The molecular weight excluding hydrogens is 385 g/mol. The first-order chi connectivity index (χ1) is 11.9. The van der Waals surface area contributed by atoms with Crippen molar-refractivity contribution < 1.29 is 13.9 Å². The lowest BCUT2D eigenvalue weighted by Gasteiger charge is -2.26. The van der Waals surface area contributed by atoms with Gasteiger partial charge in [0.05, 0.1) is 7.11 Å². The molecule has 2 aromatic carbocycles. The Hall–Kier alpha value is -1.59. The van der Waals surface area contributed by atoms with Crippen LogP contribution in [0, 0.1) is 5.82 Å². The first-order valence-electron chi connectivity index (χ1n) is 8.34. The molecule has 0 saturated heterocycles. The Morgan fingerprint density at radius 3 is 2.40 bits per heavy atom. The van der Waals surface area contributed by atoms with Crippen LogP contribution in [-0.2, 0) is 13.2 Å².